The molecule has 0 bridgehead atoms. The van der Waals surface area contributed by atoms with Crippen molar-refractivity contribution in [1.29, 1.82) is 0 Å². The van der Waals surface area contributed by atoms with Gasteiger partial charge in [0, 0.05) is 0 Å². The minimum Gasteiger partial charge on any atom is -0.330 e. The fourth-order valence-electron chi connectivity index (χ4n) is 1.37. The van der Waals surface area contributed by atoms with E-state index < -0.39 is 12.1 Å². The van der Waals surface area contributed by atoms with Crippen LogP contribution in [0, 0.1) is 0 Å². The van der Waals surface area contributed by atoms with Crippen molar-refractivity contribution >= 4 is 0 Å². The molecule has 0 heterocycles. The Bertz CT molecular complexity index is 268. The van der Waals surface area contributed by atoms with Crippen molar-refractivity contribution in [1.82, 2.24) is 0 Å². The molecule has 0 unspecified atom stereocenters. The highest BCUT2D eigenvalue weighted by Crippen LogP contribution is 2.36. The summed E-state index contributed by atoms with van der Waals surface area (Å²) in [5, 5.41) is 0. The van der Waals surface area contributed by atoms with Crippen LogP contribution >= 0.6 is 0 Å². The minimum absolute atomic E-state index is 0.0407. The SMILES string of the molecule is NCC[C@@H](c1ccccc1)C(F)(F)F. The summed E-state index contributed by atoms with van der Waals surface area (Å²) in [5.74, 6) is -1.44. The number of nitrogens with two attached hydrogens (primary N) is 1. The Kier molecular flexibility index (Phi) is 3.52. The maximum absolute atomic E-state index is 12.5. The zero-order valence-electron chi connectivity index (χ0n) is 7.59. The van der Waals surface area contributed by atoms with Gasteiger partial charge in [-0.15, -0.1) is 0 Å². The molecule has 78 valence electrons. The smallest absolute Gasteiger partial charge is 0.330 e. The monoisotopic (exact) mass is 203 g/mol. The average Bonchev–Trinajstić information content (AvgIpc) is 2.14. The molecule has 1 rings (SSSR count). The summed E-state index contributed by atoms with van der Waals surface area (Å²) in [6.45, 7) is 0.0407. The molecule has 1 atom stereocenters. The molecule has 1 aromatic carbocycles. The molecule has 0 saturated carbocycles. The summed E-state index contributed by atoms with van der Waals surface area (Å²) in [6.07, 6.45) is -4.27. The van der Waals surface area contributed by atoms with Crippen molar-refractivity contribution in [2.24, 2.45) is 5.73 Å². The van der Waals surface area contributed by atoms with Gasteiger partial charge in [-0.1, -0.05) is 30.3 Å². The molecule has 0 saturated heterocycles. The predicted molar refractivity (Wildman–Crippen MR) is 48.9 cm³/mol. The molecule has 14 heavy (non-hydrogen) atoms. The molecule has 0 aliphatic rings. The first kappa shape index (κ1) is 11.0. The standard InChI is InChI=1S/C10H12F3N/c11-10(12,13)9(6-7-14)8-4-2-1-3-5-8/h1-5,9H,6-7,14H2/t9-/m0/s1. The quantitative estimate of drug-likeness (QED) is 0.803. The summed E-state index contributed by atoms with van der Waals surface area (Å²) in [4.78, 5) is 0. The number of halogens is 3. The van der Waals surface area contributed by atoms with Crippen LogP contribution in [0.5, 0.6) is 0 Å². The van der Waals surface area contributed by atoms with E-state index in [-0.39, 0.29) is 18.5 Å². The lowest BCUT2D eigenvalue weighted by Crippen LogP contribution is -2.23. The maximum atomic E-state index is 12.5. The highest BCUT2D eigenvalue weighted by molar-refractivity contribution is 5.20. The summed E-state index contributed by atoms with van der Waals surface area (Å²) < 4.78 is 37.6. The summed E-state index contributed by atoms with van der Waals surface area (Å²) >= 11 is 0. The summed E-state index contributed by atoms with van der Waals surface area (Å²) in [6, 6.07) is 7.86. The third-order valence-electron chi connectivity index (χ3n) is 2.05. The Morgan fingerprint density at radius 1 is 1.14 bits per heavy atom. The molecular formula is C10H12F3N. The fourth-order valence-corrected chi connectivity index (χ4v) is 1.37. The predicted octanol–water partition coefficient (Wildman–Crippen LogP) is 2.68. The van der Waals surface area contributed by atoms with Crippen LogP contribution in [0.15, 0.2) is 30.3 Å². The van der Waals surface area contributed by atoms with Gasteiger partial charge < -0.3 is 5.73 Å². The number of hydrogen-bond donors (Lipinski definition) is 1. The number of hydrogen-bond acceptors (Lipinski definition) is 1. The van der Waals surface area contributed by atoms with E-state index in [0.29, 0.717) is 0 Å². The zero-order valence-corrected chi connectivity index (χ0v) is 7.59. The van der Waals surface area contributed by atoms with Gasteiger partial charge in [-0.25, -0.2) is 0 Å². The number of benzene rings is 1. The third-order valence-corrected chi connectivity index (χ3v) is 2.05. The van der Waals surface area contributed by atoms with Gasteiger partial charge in [-0.2, -0.15) is 13.2 Å². The Morgan fingerprint density at radius 3 is 2.14 bits per heavy atom. The fraction of sp³-hybridized carbons (Fsp3) is 0.400. The van der Waals surface area contributed by atoms with Crippen LogP contribution in [-0.4, -0.2) is 12.7 Å². The van der Waals surface area contributed by atoms with Crippen molar-refractivity contribution in [2.75, 3.05) is 6.54 Å². The lowest BCUT2D eigenvalue weighted by atomic mass is 9.95. The van der Waals surface area contributed by atoms with Gasteiger partial charge in [0.05, 0.1) is 5.92 Å². The van der Waals surface area contributed by atoms with Crippen molar-refractivity contribution in [2.45, 2.75) is 18.5 Å². The molecule has 0 aromatic heterocycles. The van der Waals surface area contributed by atoms with Gasteiger partial charge in [0.1, 0.15) is 0 Å². The summed E-state index contributed by atoms with van der Waals surface area (Å²) in [7, 11) is 0. The van der Waals surface area contributed by atoms with E-state index in [1.54, 1.807) is 18.2 Å². The van der Waals surface area contributed by atoms with Crippen LogP contribution in [0.1, 0.15) is 17.9 Å². The molecule has 0 spiro atoms. The highest BCUT2D eigenvalue weighted by Gasteiger charge is 2.39. The minimum atomic E-state index is -4.21. The lowest BCUT2D eigenvalue weighted by molar-refractivity contribution is -0.151. The first-order chi connectivity index (χ1) is 6.55. The number of rotatable bonds is 3. The van der Waals surface area contributed by atoms with E-state index in [9.17, 15) is 13.2 Å². The van der Waals surface area contributed by atoms with Gasteiger partial charge in [0.25, 0.3) is 0 Å². The molecule has 0 aliphatic heterocycles. The molecule has 1 aromatic rings. The molecule has 0 radical (unpaired) electrons. The van der Waals surface area contributed by atoms with Crippen molar-refractivity contribution in [3.63, 3.8) is 0 Å². The normalized spacial score (nSPS) is 14.0. The van der Waals surface area contributed by atoms with E-state index in [1.165, 1.54) is 12.1 Å². The van der Waals surface area contributed by atoms with Gasteiger partial charge in [0.2, 0.25) is 0 Å². The number of alkyl halides is 3. The van der Waals surface area contributed by atoms with Crippen molar-refractivity contribution in [3.8, 4) is 0 Å². The van der Waals surface area contributed by atoms with Crippen LogP contribution in [0.2, 0.25) is 0 Å². The Labute approximate surface area is 80.7 Å². The lowest BCUT2D eigenvalue weighted by Gasteiger charge is -2.19. The van der Waals surface area contributed by atoms with E-state index in [1.807, 2.05) is 0 Å². The van der Waals surface area contributed by atoms with Gasteiger partial charge in [-0.05, 0) is 18.5 Å². The first-order valence-corrected chi connectivity index (χ1v) is 4.37. The molecule has 4 heteroatoms. The average molecular weight is 203 g/mol. The van der Waals surface area contributed by atoms with Gasteiger partial charge in [0.15, 0.2) is 0 Å². The van der Waals surface area contributed by atoms with E-state index in [0.717, 1.165) is 0 Å². The molecule has 1 nitrogen and oxygen atoms in total. The third kappa shape index (κ3) is 2.73. The molecule has 0 amide bonds. The molecule has 0 aliphatic carbocycles. The second-order valence-corrected chi connectivity index (χ2v) is 3.08. The van der Waals surface area contributed by atoms with Crippen molar-refractivity contribution < 1.29 is 13.2 Å². The Balaban J connectivity index is 2.89. The molecule has 0 fully saturated rings. The highest BCUT2D eigenvalue weighted by atomic mass is 19.4. The zero-order chi connectivity index (χ0) is 10.6. The van der Waals surface area contributed by atoms with Crippen LogP contribution in [0.4, 0.5) is 13.2 Å². The van der Waals surface area contributed by atoms with E-state index >= 15 is 0 Å². The second-order valence-electron chi connectivity index (χ2n) is 3.08. The summed E-state index contributed by atoms with van der Waals surface area (Å²) in [5.41, 5.74) is 5.45. The topological polar surface area (TPSA) is 26.0 Å². The van der Waals surface area contributed by atoms with Crippen LogP contribution in [-0.2, 0) is 0 Å². The second kappa shape index (κ2) is 4.46. The Morgan fingerprint density at radius 2 is 1.71 bits per heavy atom. The Hall–Kier alpha value is -1.03. The molecule has 2 N–H and O–H groups in total. The van der Waals surface area contributed by atoms with Crippen LogP contribution in [0.3, 0.4) is 0 Å². The van der Waals surface area contributed by atoms with E-state index in [2.05, 4.69) is 0 Å². The van der Waals surface area contributed by atoms with E-state index in [4.69, 9.17) is 5.73 Å². The van der Waals surface area contributed by atoms with Crippen LogP contribution < -0.4 is 5.73 Å². The largest absolute Gasteiger partial charge is 0.395 e. The van der Waals surface area contributed by atoms with Gasteiger partial charge in [-0.3, -0.25) is 0 Å². The maximum Gasteiger partial charge on any atom is 0.395 e. The first-order valence-electron chi connectivity index (χ1n) is 4.37. The van der Waals surface area contributed by atoms with Crippen molar-refractivity contribution in [3.05, 3.63) is 35.9 Å². The van der Waals surface area contributed by atoms with Crippen LogP contribution in [0.25, 0.3) is 0 Å². The van der Waals surface area contributed by atoms with Gasteiger partial charge >= 0.3 is 6.18 Å². The molecular weight excluding hydrogens is 191 g/mol.